The number of esters is 2. The van der Waals surface area contributed by atoms with E-state index < -0.39 is 46.9 Å². The summed E-state index contributed by atoms with van der Waals surface area (Å²) in [4.78, 5) is 29.7. The smallest absolute Gasteiger partial charge is 0.331 e. The number of carbonyl (C=O) groups excluding carboxylic acids is 2. The molecule has 0 saturated carbocycles. The first-order valence-corrected chi connectivity index (χ1v) is 19.0. The van der Waals surface area contributed by atoms with Crippen molar-refractivity contribution in [1.29, 1.82) is 5.26 Å². The molecule has 14 nitrogen and oxygen atoms in total. The van der Waals surface area contributed by atoms with Crippen LogP contribution in [0.25, 0.3) is 0 Å². The van der Waals surface area contributed by atoms with Crippen molar-refractivity contribution in [3.8, 4) is 46.3 Å². The van der Waals surface area contributed by atoms with Crippen LogP contribution in [0.1, 0.15) is 68.8 Å². The number of fused-ring (bicyclic) bond motifs is 9. The van der Waals surface area contributed by atoms with Crippen LogP contribution in [-0.2, 0) is 32.7 Å². The minimum Gasteiger partial charge on any atom is -0.504 e. The molecule has 1 spiro atoms. The fourth-order valence-corrected chi connectivity index (χ4v) is 11.5. The van der Waals surface area contributed by atoms with Gasteiger partial charge in [0.1, 0.15) is 18.4 Å². The molecule has 10 rings (SSSR count). The van der Waals surface area contributed by atoms with Crippen LogP contribution in [0.4, 0.5) is 0 Å². The van der Waals surface area contributed by atoms with Crippen molar-refractivity contribution in [3.05, 3.63) is 62.7 Å². The second-order valence-corrected chi connectivity index (χ2v) is 15.8. The van der Waals surface area contributed by atoms with E-state index >= 15 is 0 Å². The maximum Gasteiger partial charge on any atom is 0.331 e. The highest BCUT2D eigenvalue weighted by Crippen LogP contribution is 2.63. The number of phenols is 2. The number of nitrogens with one attached hydrogen (secondary N) is 2. The first kappa shape index (κ1) is 34.9. The monoisotopic (exact) mass is 756 g/mol. The van der Waals surface area contributed by atoms with Crippen molar-refractivity contribution in [1.82, 2.24) is 15.5 Å². The van der Waals surface area contributed by atoms with E-state index in [0.29, 0.717) is 70.2 Å². The standard InChI is InChI=1S/C39H40N4O10S/c1-16-8-20-9-22-23(12-40)43-24-13-50-38(47)39(21-11-26(48-4)25(45)10-19(21)6-7-41-39)14-54-37(31(43)30(42-22)27(20)32(46)33(16)49-5)29-28(24)36-35(51-15-52-36)17(2)34(29)53-18(3)44/h8,10-11,22-24,30-31,37,41-42,45-46H,6-7,9,13-15H2,1-5H3/t22?,23-,24-,30?,31?,37+,39+/m0/s1. The zero-order valence-electron chi connectivity index (χ0n) is 30.4. The zero-order chi connectivity index (χ0) is 37.8. The van der Waals surface area contributed by atoms with Crippen LogP contribution in [0, 0.1) is 25.2 Å². The van der Waals surface area contributed by atoms with Crippen LogP contribution in [-0.4, -0.2) is 85.1 Å². The number of carbonyl (C=O) groups is 2. The molecule has 3 aromatic rings. The number of aromatic hydroxyl groups is 2. The lowest BCUT2D eigenvalue weighted by molar-refractivity contribution is -0.155. The summed E-state index contributed by atoms with van der Waals surface area (Å²) >= 11 is 1.46. The van der Waals surface area contributed by atoms with Crippen molar-refractivity contribution in [3.63, 3.8) is 0 Å². The van der Waals surface area contributed by atoms with Crippen LogP contribution >= 0.6 is 11.8 Å². The second-order valence-electron chi connectivity index (χ2n) is 14.7. The van der Waals surface area contributed by atoms with Gasteiger partial charge in [-0.1, -0.05) is 6.07 Å². The number of nitriles is 1. The predicted octanol–water partition coefficient (Wildman–Crippen LogP) is 3.64. The van der Waals surface area contributed by atoms with E-state index in [2.05, 4.69) is 21.6 Å². The Morgan fingerprint density at radius 1 is 1.06 bits per heavy atom. The van der Waals surface area contributed by atoms with E-state index in [-0.39, 0.29) is 42.4 Å². The molecule has 282 valence electrons. The Bertz CT molecular complexity index is 2190. The molecule has 54 heavy (non-hydrogen) atoms. The number of hydrogen-bond acceptors (Lipinski definition) is 15. The van der Waals surface area contributed by atoms with Crippen LogP contribution in [0.5, 0.6) is 40.2 Å². The lowest BCUT2D eigenvalue weighted by Crippen LogP contribution is -2.69. The molecule has 2 saturated heterocycles. The number of nitrogens with zero attached hydrogens (tertiary/aromatic N) is 2. The lowest BCUT2D eigenvalue weighted by Gasteiger charge is -2.59. The van der Waals surface area contributed by atoms with Crippen LogP contribution in [0.3, 0.4) is 0 Å². The summed E-state index contributed by atoms with van der Waals surface area (Å²) in [6.45, 7) is 5.25. The molecule has 3 unspecified atom stereocenters. The number of aryl methyl sites for hydroxylation is 1. The molecule has 3 aromatic carbocycles. The Kier molecular flexibility index (Phi) is 8.13. The van der Waals surface area contributed by atoms with Gasteiger partial charge in [-0.25, -0.2) is 4.79 Å². The van der Waals surface area contributed by atoms with Crippen molar-refractivity contribution in [2.24, 2.45) is 0 Å². The predicted molar refractivity (Wildman–Crippen MR) is 193 cm³/mol. The van der Waals surface area contributed by atoms with Gasteiger partial charge in [0.15, 0.2) is 40.0 Å². The molecular weight excluding hydrogens is 717 g/mol. The van der Waals surface area contributed by atoms with Crippen LogP contribution in [0.2, 0.25) is 0 Å². The van der Waals surface area contributed by atoms with E-state index in [9.17, 15) is 25.1 Å². The molecule has 7 heterocycles. The highest BCUT2D eigenvalue weighted by Gasteiger charge is 2.60. The van der Waals surface area contributed by atoms with Crippen molar-refractivity contribution in [2.45, 2.75) is 74.6 Å². The number of benzene rings is 3. The fraction of sp³-hybridized carbons (Fsp3) is 0.462. The summed E-state index contributed by atoms with van der Waals surface area (Å²) in [6.07, 6.45) is 1.03. The van der Waals surface area contributed by atoms with Gasteiger partial charge in [0.05, 0.1) is 37.6 Å². The molecular formula is C39H40N4O10S. The van der Waals surface area contributed by atoms with Crippen LogP contribution < -0.4 is 34.3 Å². The van der Waals surface area contributed by atoms with E-state index in [0.717, 1.165) is 16.7 Å². The largest absolute Gasteiger partial charge is 0.504 e. The Hall–Kier alpha value is -4.88. The number of thioether (sulfide) groups is 1. The summed E-state index contributed by atoms with van der Waals surface area (Å²) in [6, 6.07) is 5.06. The Morgan fingerprint density at radius 3 is 2.59 bits per heavy atom. The average molecular weight is 757 g/mol. The molecule has 4 bridgehead atoms. The Labute approximate surface area is 315 Å². The van der Waals surface area contributed by atoms with Gasteiger partial charge in [0.2, 0.25) is 6.79 Å². The molecule has 0 aromatic heterocycles. The van der Waals surface area contributed by atoms with Crippen molar-refractivity contribution in [2.75, 3.05) is 39.9 Å². The summed E-state index contributed by atoms with van der Waals surface area (Å²) in [5.41, 5.74) is 4.33. The van der Waals surface area contributed by atoms with E-state index in [4.69, 9.17) is 28.4 Å². The number of rotatable bonds is 3. The maximum atomic E-state index is 14.7. The quantitative estimate of drug-likeness (QED) is 0.225. The topological polar surface area (TPSA) is 181 Å². The van der Waals surface area contributed by atoms with Gasteiger partial charge in [-0.15, -0.1) is 11.8 Å². The van der Waals surface area contributed by atoms with Gasteiger partial charge in [-0.3, -0.25) is 15.0 Å². The molecule has 4 N–H and O–H groups in total. The van der Waals surface area contributed by atoms with E-state index in [1.807, 2.05) is 19.9 Å². The normalized spacial score (nSPS) is 28.9. The molecule has 15 heteroatoms. The van der Waals surface area contributed by atoms with Gasteiger partial charge >= 0.3 is 11.9 Å². The third kappa shape index (κ3) is 4.76. The lowest BCUT2D eigenvalue weighted by atomic mass is 9.72. The molecule has 7 atom stereocenters. The van der Waals surface area contributed by atoms with Gasteiger partial charge in [0, 0.05) is 53.6 Å². The molecule has 2 fully saturated rings. The van der Waals surface area contributed by atoms with Gasteiger partial charge < -0.3 is 44.0 Å². The molecule has 0 radical (unpaired) electrons. The fourth-order valence-electron chi connectivity index (χ4n) is 9.79. The zero-order valence-corrected chi connectivity index (χ0v) is 31.2. The third-order valence-electron chi connectivity index (χ3n) is 11.9. The second kappa shape index (κ2) is 12.6. The average Bonchev–Trinajstić information content (AvgIpc) is 3.64. The number of piperazine rings is 1. The Balaban J connectivity index is 1.32. The van der Waals surface area contributed by atoms with E-state index in [1.165, 1.54) is 32.9 Å². The third-order valence-corrected chi connectivity index (χ3v) is 13.4. The summed E-state index contributed by atoms with van der Waals surface area (Å²) in [5.74, 6) is 0.913. The first-order valence-electron chi connectivity index (χ1n) is 17.9. The number of ether oxygens (including phenoxy) is 6. The van der Waals surface area contributed by atoms with Crippen LogP contribution in [0.15, 0.2) is 18.2 Å². The summed E-state index contributed by atoms with van der Waals surface area (Å²) < 4.78 is 35.9. The molecule has 7 aliphatic rings. The molecule has 7 aliphatic heterocycles. The number of methoxy groups -OCH3 is 2. The minimum absolute atomic E-state index is 0.0248. The van der Waals surface area contributed by atoms with Gasteiger partial charge in [-0.05, 0) is 61.1 Å². The molecule has 0 amide bonds. The number of hydrogen-bond donors (Lipinski definition) is 4. The van der Waals surface area contributed by atoms with Gasteiger partial charge in [-0.2, -0.15) is 5.26 Å². The van der Waals surface area contributed by atoms with E-state index in [1.54, 1.807) is 12.1 Å². The van der Waals surface area contributed by atoms with Gasteiger partial charge in [0.25, 0.3) is 0 Å². The number of phenolic OH excluding ortho intramolecular Hbond substituents is 2. The van der Waals surface area contributed by atoms with Crippen molar-refractivity contribution >= 4 is 23.7 Å². The first-order chi connectivity index (χ1) is 26.0. The SMILES string of the molecule is COc1cc2c(cc1O)CCN[C@]21CS[C@@H]2c3c(OC(C)=O)c(C)c4c(c3[C@H](COC1=O)N1C2C2NC(Cc3cc(C)c(OC)c(O)c32)[C@@H]1C#N)OCO4. The highest BCUT2D eigenvalue weighted by atomic mass is 32.2. The molecule has 0 aliphatic carbocycles. The highest BCUT2D eigenvalue weighted by molar-refractivity contribution is 7.99. The summed E-state index contributed by atoms with van der Waals surface area (Å²) in [5, 5.41) is 40.3. The Morgan fingerprint density at radius 2 is 1.85 bits per heavy atom. The van der Waals surface area contributed by atoms with Crippen molar-refractivity contribution < 1.29 is 48.2 Å². The maximum absolute atomic E-state index is 14.7. The summed E-state index contributed by atoms with van der Waals surface area (Å²) in [7, 11) is 2.99. The minimum atomic E-state index is -1.36.